The minimum absolute atomic E-state index is 0.113. The van der Waals surface area contributed by atoms with Gasteiger partial charge in [-0.3, -0.25) is 10.1 Å². The molecule has 0 spiro atoms. The fourth-order valence-electron chi connectivity index (χ4n) is 1.76. The molecular weight excluding hydrogens is 310 g/mol. The first-order valence-electron chi connectivity index (χ1n) is 6.15. The zero-order chi connectivity index (χ0) is 16.1. The lowest BCUT2D eigenvalue weighted by Gasteiger charge is -2.11. The molecule has 0 atom stereocenters. The van der Waals surface area contributed by atoms with Gasteiger partial charge in [0.25, 0.3) is 5.69 Å². The van der Waals surface area contributed by atoms with Crippen molar-refractivity contribution in [1.29, 1.82) is 0 Å². The molecule has 0 saturated heterocycles. The Labute approximate surface area is 131 Å². The van der Waals surface area contributed by atoms with E-state index in [0.717, 1.165) is 0 Å². The lowest BCUT2D eigenvalue weighted by molar-refractivity contribution is -0.384. The maximum absolute atomic E-state index is 12.0. The first-order valence-corrected chi connectivity index (χ1v) is 6.53. The van der Waals surface area contributed by atoms with Crippen molar-refractivity contribution in [3.8, 4) is 5.75 Å². The van der Waals surface area contributed by atoms with Crippen molar-refractivity contribution in [2.75, 3.05) is 17.7 Å². The number of ether oxygens (including phenoxy) is 1. The van der Waals surface area contributed by atoms with E-state index in [2.05, 4.69) is 10.6 Å². The van der Waals surface area contributed by atoms with Gasteiger partial charge in [-0.1, -0.05) is 17.7 Å². The molecule has 0 aromatic heterocycles. The normalized spacial score (nSPS) is 9.91. The summed E-state index contributed by atoms with van der Waals surface area (Å²) in [5, 5.41) is 16.2. The summed E-state index contributed by atoms with van der Waals surface area (Å²) >= 11 is 5.87. The van der Waals surface area contributed by atoms with Crippen LogP contribution >= 0.6 is 11.6 Å². The van der Waals surface area contributed by atoms with E-state index in [1.54, 1.807) is 18.2 Å². The van der Waals surface area contributed by atoms with E-state index in [4.69, 9.17) is 16.3 Å². The average molecular weight is 322 g/mol. The summed E-state index contributed by atoms with van der Waals surface area (Å²) in [6.45, 7) is 0. The summed E-state index contributed by atoms with van der Waals surface area (Å²) in [6.07, 6.45) is 0. The number of rotatable bonds is 4. The molecule has 0 aliphatic carbocycles. The van der Waals surface area contributed by atoms with Gasteiger partial charge in [-0.2, -0.15) is 0 Å². The zero-order valence-corrected chi connectivity index (χ0v) is 12.3. The van der Waals surface area contributed by atoms with Crippen LogP contribution in [0.4, 0.5) is 21.9 Å². The number of nitro groups is 1. The first-order chi connectivity index (χ1) is 10.5. The molecular formula is C14H12ClN3O4. The van der Waals surface area contributed by atoms with Crippen LogP contribution in [0.3, 0.4) is 0 Å². The number of nitro benzene ring substituents is 1. The predicted molar refractivity (Wildman–Crippen MR) is 83.7 cm³/mol. The number of carbonyl (C=O) groups is 1. The molecule has 0 heterocycles. The molecule has 2 aromatic carbocycles. The van der Waals surface area contributed by atoms with Crippen molar-refractivity contribution < 1.29 is 14.5 Å². The maximum atomic E-state index is 12.0. The van der Waals surface area contributed by atoms with Gasteiger partial charge in [-0.15, -0.1) is 0 Å². The zero-order valence-electron chi connectivity index (χ0n) is 11.5. The molecule has 0 unspecified atom stereocenters. The van der Waals surface area contributed by atoms with Crippen LogP contribution in [0, 0.1) is 10.1 Å². The Hall–Kier alpha value is -2.80. The quantitative estimate of drug-likeness (QED) is 0.659. The Morgan fingerprint density at radius 3 is 2.68 bits per heavy atom. The lowest BCUT2D eigenvalue weighted by atomic mass is 10.3. The van der Waals surface area contributed by atoms with E-state index < -0.39 is 11.0 Å². The van der Waals surface area contributed by atoms with Crippen LogP contribution in [0.1, 0.15) is 0 Å². The highest BCUT2D eigenvalue weighted by Gasteiger charge is 2.10. The minimum Gasteiger partial charge on any atom is -0.495 e. The number of non-ortho nitro benzene ring substituents is 1. The number of urea groups is 1. The molecule has 0 saturated carbocycles. The van der Waals surface area contributed by atoms with Gasteiger partial charge in [0.15, 0.2) is 0 Å². The van der Waals surface area contributed by atoms with Gasteiger partial charge in [0.1, 0.15) is 5.75 Å². The third-order valence-electron chi connectivity index (χ3n) is 2.72. The molecule has 0 aliphatic rings. The monoisotopic (exact) mass is 321 g/mol. The summed E-state index contributed by atoms with van der Waals surface area (Å²) in [5.41, 5.74) is 0.573. The number of methoxy groups -OCH3 is 1. The summed E-state index contributed by atoms with van der Waals surface area (Å²) in [7, 11) is 1.47. The summed E-state index contributed by atoms with van der Waals surface area (Å²) in [6, 6.07) is 9.83. The fourth-order valence-corrected chi connectivity index (χ4v) is 1.93. The van der Waals surface area contributed by atoms with E-state index in [1.165, 1.54) is 31.4 Å². The van der Waals surface area contributed by atoms with Crippen LogP contribution < -0.4 is 15.4 Å². The Balaban J connectivity index is 2.12. The molecule has 0 fully saturated rings. The molecule has 8 heteroatoms. The Morgan fingerprint density at radius 2 is 2.00 bits per heavy atom. The van der Waals surface area contributed by atoms with Gasteiger partial charge >= 0.3 is 6.03 Å². The number of nitrogens with zero attached hydrogens (tertiary/aromatic N) is 1. The lowest BCUT2D eigenvalue weighted by Crippen LogP contribution is -2.19. The van der Waals surface area contributed by atoms with E-state index in [0.29, 0.717) is 22.1 Å². The molecule has 2 rings (SSSR count). The number of anilines is 2. The van der Waals surface area contributed by atoms with Gasteiger partial charge < -0.3 is 15.4 Å². The van der Waals surface area contributed by atoms with Crippen LogP contribution in [0.15, 0.2) is 42.5 Å². The number of carbonyl (C=O) groups excluding carboxylic acids is 1. The number of benzene rings is 2. The number of amides is 2. The van der Waals surface area contributed by atoms with Crippen molar-refractivity contribution >= 4 is 34.7 Å². The Bertz CT molecular complexity index is 721. The van der Waals surface area contributed by atoms with Crippen LogP contribution in [0.5, 0.6) is 5.75 Å². The van der Waals surface area contributed by atoms with Crippen LogP contribution in [-0.4, -0.2) is 18.1 Å². The summed E-state index contributed by atoms with van der Waals surface area (Å²) < 4.78 is 5.11. The van der Waals surface area contributed by atoms with Crippen molar-refractivity contribution in [3.05, 3.63) is 57.6 Å². The maximum Gasteiger partial charge on any atom is 0.323 e. The largest absolute Gasteiger partial charge is 0.495 e. The third kappa shape index (κ3) is 3.86. The molecule has 2 N–H and O–H groups in total. The van der Waals surface area contributed by atoms with Crippen LogP contribution in [-0.2, 0) is 0 Å². The number of hydrogen-bond acceptors (Lipinski definition) is 4. The number of halogens is 1. The van der Waals surface area contributed by atoms with Crippen molar-refractivity contribution in [1.82, 2.24) is 0 Å². The van der Waals surface area contributed by atoms with Crippen molar-refractivity contribution in [3.63, 3.8) is 0 Å². The molecule has 7 nitrogen and oxygen atoms in total. The second kappa shape index (κ2) is 6.77. The van der Waals surface area contributed by atoms with Gasteiger partial charge in [-0.05, 0) is 24.3 Å². The van der Waals surface area contributed by atoms with Gasteiger partial charge in [0, 0.05) is 22.8 Å². The second-order valence-electron chi connectivity index (χ2n) is 4.23. The smallest absolute Gasteiger partial charge is 0.323 e. The van der Waals surface area contributed by atoms with Crippen molar-refractivity contribution in [2.45, 2.75) is 0 Å². The minimum atomic E-state index is -0.568. The SMILES string of the molecule is COc1ccc(Cl)cc1NC(=O)Nc1cccc([N+](=O)[O-])c1. The molecule has 0 aliphatic heterocycles. The molecule has 2 aromatic rings. The highest BCUT2D eigenvalue weighted by Crippen LogP contribution is 2.27. The van der Waals surface area contributed by atoms with Crippen LogP contribution in [0.2, 0.25) is 5.02 Å². The fraction of sp³-hybridized carbons (Fsp3) is 0.0714. The topological polar surface area (TPSA) is 93.5 Å². The van der Waals surface area contributed by atoms with Crippen molar-refractivity contribution in [2.24, 2.45) is 0 Å². The summed E-state index contributed by atoms with van der Waals surface area (Å²) in [4.78, 5) is 22.1. The average Bonchev–Trinajstić information content (AvgIpc) is 2.47. The molecule has 2 amide bonds. The highest BCUT2D eigenvalue weighted by molar-refractivity contribution is 6.31. The number of nitrogens with one attached hydrogen (secondary N) is 2. The highest BCUT2D eigenvalue weighted by atomic mass is 35.5. The molecule has 22 heavy (non-hydrogen) atoms. The van der Waals surface area contributed by atoms with E-state index in [-0.39, 0.29) is 5.69 Å². The molecule has 114 valence electrons. The Morgan fingerprint density at radius 1 is 1.23 bits per heavy atom. The second-order valence-corrected chi connectivity index (χ2v) is 4.67. The van der Waals surface area contributed by atoms with Gasteiger partial charge in [-0.25, -0.2) is 4.79 Å². The van der Waals surface area contributed by atoms with E-state index in [9.17, 15) is 14.9 Å². The van der Waals surface area contributed by atoms with Gasteiger partial charge in [0.05, 0.1) is 17.7 Å². The van der Waals surface area contributed by atoms with Crippen LogP contribution in [0.25, 0.3) is 0 Å². The van der Waals surface area contributed by atoms with E-state index in [1.807, 2.05) is 0 Å². The first kappa shape index (κ1) is 15.6. The predicted octanol–water partition coefficient (Wildman–Crippen LogP) is 3.90. The number of hydrogen-bond donors (Lipinski definition) is 2. The van der Waals surface area contributed by atoms with Gasteiger partial charge in [0.2, 0.25) is 0 Å². The standard InChI is InChI=1S/C14H12ClN3O4/c1-22-13-6-5-9(15)7-12(13)17-14(19)16-10-3-2-4-11(8-10)18(20)21/h2-8H,1H3,(H2,16,17,19). The summed E-state index contributed by atoms with van der Waals surface area (Å²) in [5.74, 6) is 0.443. The molecule has 0 bridgehead atoms. The third-order valence-corrected chi connectivity index (χ3v) is 2.96. The van der Waals surface area contributed by atoms with E-state index >= 15 is 0 Å². The molecule has 0 radical (unpaired) electrons. The Kier molecular flexibility index (Phi) is 4.80.